The molecule has 1 saturated carbocycles. The molecule has 1 aliphatic rings. The molecule has 3 aromatic heterocycles. The molecule has 2 N–H and O–H groups in total. The zero-order chi connectivity index (χ0) is 21.8. The Bertz CT molecular complexity index is 992. The van der Waals surface area contributed by atoms with Gasteiger partial charge in [0.2, 0.25) is 5.95 Å². The van der Waals surface area contributed by atoms with Crippen LogP contribution in [0.3, 0.4) is 0 Å². The number of aromatic nitrogens is 5. The molecule has 0 saturated heterocycles. The average molecular weight is 429 g/mol. The number of rotatable bonds is 9. The van der Waals surface area contributed by atoms with E-state index in [1.807, 2.05) is 34.7 Å². The molecule has 31 heavy (non-hydrogen) atoms. The van der Waals surface area contributed by atoms with Gasteiger partial charge in [0.05, 0.1) is 43.8 Å². The Morgan fingerprint density at radius 1 is 1.19 bits per heavy atom. The first kappa shape index (κ1) is 21.7. The minimum absolute atomic E-state index is 0.102. The molecule has 0 spiro atoms. The van der Waals surface area contributed by atoms with Crippen molar-refractivity contribution in [3.8, 4) is 11.1 Å². The predicted molar refractivity (Wildman–Crippen MR) is 118 cm³/mol. The van der Waals surface area contributed by atoms with E-state index >= 15 is 0 Å². The Morgan fingerprint density at radius 2 is 2.00 bits per heavy atom. The summed E-state index contributed by atoms with van der Waals surface area (Å²) >= 11 is 0. The molecule has 3 heterocycles. The van der Waals surface area contributed by atoms with Crippen LogP contribution in [0.1, 0.15) is 44.2 Å². The standard InChI is InChI=1S/C22H32N6O3/c1-15(14-31-3)25-22-23-12-21-19(17-11-24-27(13-17)8-9-30-2)10-20(28(21)26-22)16-4-6-18(29)7-5-16/h10-13,15-16,18,29H,4-9,14H2,1-3H3,(H,25,26)/t15-,16-,18-/m0/s1. The van der Waals surface area contributed by atoms with Crippen molar-refractivity contribution in [3.63, 3.8) is 0 Å². The first-order valence-corrected chi connectivity index (χ1v) is 10.9. The summed E-state index contributed by atoms with van der Waals surface area (Å²) < 4.78 is 14.3. The van der Waals surface area contributed by atoms with Crippen LogP contribution in [0, 0.1) is 0 Å². The van der Waals surface area contributed by atoms with Crippen LogP contribution < -0.4 is 5.32 Å². The van der Waals surface area contributed by atoms with Crippen LogP contribution in [0.2, 0.25) is 0 Å². The third-order valence-corrected chi connectivity index (χ3v) is 5.92. The van der Waals surface area contributed by atoms with E-state index in [9.17, 15) is 5.11 Å². The van der Waals surface area contributed by atoms with Crippen LogP contribution in [0.25, 0.3) is 16.6 Å². The zero-order valence-corrected chi connectivity index (χ0v) is 18.5. The highest BCUT2D eigenvalue weighted by molar-refractivity contribution is 5.81. The van der Waals surface area contributed by atoms with Crippen molar-refractivity contribution in [2.24, 2.45) is 0 Å². The number of aliphatic hydroxyl groups is 1. The minimum atomic E-state index is -0.192. The molecule has 0 unspecified atom stereocenters. The van der Waals surface area contributed by atoms with Crippen molar-refractivity contribution in [2.45, 2.75) is 57.2 Å². The first-order chi connectivity index (χ1) is 15.1. The van der Waals surface area contributed by atoms with E-state index in [0.717, 1.165) is 48.0 Å². The minimum Gasteiger partial charge on any atom is -0.393 e. The van der Waals surface area contributed by atoms with Crippen molar-refractivity contribution in [2.75, 3.05) is 32.8 Å². The normalized spacial score (nSPS) is 20.3. The smallest absolute Gasteiger partial charge is 0.241 e. The van der Waals surface area contributed by atoms with Gasteiger partial charge in [0.25, 0.3) is 0 Å². The van der Waals surface area contributed by atoms with Crippen molar-refractivity contribution in [3.05, 3.63) is 30.4 Å². The van der Waals surface area contributed by atoms with E-state index in [-0.39, 0.29) is 12.1 Å². The number of nitrogens with zero attached hydrogens (tertiary/aromatic N) is 5. The highest BCUT2D eigenvalue weighted by Crippen LogP contribution is 2.37. The highest BCUT2D eigenvalue weighted by Gasteiger charge is 2.26. The number of aliphatic hydroxyl groups excluding tert-OH is 1. The first-order valence-electron chi connectivity index (χ1n) is 10.9. The van der Waals surface area contributed by atoms with E-state index < -0.39 is 0 Å². The van der Waals surface area contributed by atoms with Crippen LogP contribution in [-0.4, -0.2) is 69.1 Å². The number of methoxy groups -OCH3 is 2. The fraction of sp³-hybridized carbons (Fsp3) is 0.591. The van der Waals surface area contributed by atoms with Crippen molar-refractivity contribution in [1.29, 1.82) is 0 Å². The second-order valence-corrected chi connectivity index (χ2v) is 8.35. The summed E-state index contributed by atoms with van der Waals surface area (Å²) in [6.45, 7) is 3.94. The lowest BCUT2D eigenvalue weighted by molar-refractivity contribution is 0.121. The number of hydrogen-bond acceptors (Lipinski definition) is 7. The summed E-state index contributed by atoms with van der Waals surface area (Å²) in [5.74, 6) is 0.930. The van der Waals surface area contributed by atoms with Crippen molar-refractivity contribution < 1.29 is 14.6 Å². The van der Waals surface area contributed by atoms with Crippen LogP contribution in [0.15, 0.2) is 24.7 Å². The summed E-state index contributed by atoms with van der Waals surface area (Å²) in [6.07, 6.45) is 9.15. The van der Waals surface area contributed by atoms with E-state index in [0.29, 0.717) is 31.6 Å². The zero-order valence-electron chi connectivity index (χ0n) is 18.5. The topological polar surface area (TPSA) is 98.7 Å². The van der Waals surface area contributed by atoms with Gasteiger partial charge in [-0.1, -0.05) is 0 Å². The third kappa shape index (κ3) is 4.89. The number of ether oxygens (including phenoxy) is 2. The van der Waals surface area contributed by atoms with Gasteiger partial charge in [0.1, 0.15) is 0 Å². The van der Waals surface area contributed by atoms with Crippen LogP contribution in [0.4, 0.5) is 5.95 Å². The lowest BCUT2D eigenvalue weighted by Crippen LogP contribution is -2.23. The van der Waals surface area contributed by atoms with Gasteiger partial charge in [-0.05, 0) is 38.7 Å². The molecule has 4 rings (SSSR count). The summed E-state index contributed by atoms with van der Waals surface area (Å²) in [5, 5.41) is 22.6. The lowest BCUT2D eigenvalue weighted by atomic mass is 9.85. The van der Waals surface area contributed by atoms with Gasteiger partial charge < -0.3 is 19.9 Å². The molecule has 1 atom stereocenters. The molecule has 0 aliphatic heterocycles. The van der Waals surface area contributed by atoms with Crippen LogP contribution in [-0.2, 0) is 16.0 Å². The average Bonchev–Trinajstić information content (AvgIpc) is 3.37. The highest BCUT2D eigenvalue weighted by atomic mass is 16.5. The van der Waals surface area contributed by atoms with Gasteiger partial charge >= 0.3 is 0 Å². The van der Waals surface area contributed by atoms with Gasteiger partial charge in [-0.2, -0.15) is 5.10 Å². The van der Waals surface area contributed by atoms with Crippen LogP contribution >= 0.6 is 0 Å². The molecule has 9 heteroatoms. The van der Waals surface area contributed by atoms with E-state index in [1.54, 1.807) is 14.2 Å². The Labute approximate surface area is 182 Å². The van der Waals surface area contributed by atoms with Gasteiger partial charge in [-0.25, -0.2) is 9.50 Å². The molecule has 0 bridgehead atoms. The second-order valence-electron chi connectivity index (χ2n) is 8.35. The summed E-state index contributed by atoms with van der Waals surface area (Å²) in [6, 6.07) is 2.32. The molecule has 0 aromatic carbocycles. The third-order valence-electron chi connectivity index (χ3n) is 5.92. The lowest BCUT2D eigenvalue weighted by Gasteiger charge is -2.25. The van der Waals surface area contributed by atoms with Crippen molar-refractivity contribution >= 4 is 11.5 Å². The molecule has 0 radical (unpaired) electrons. The van der Waals surface area contributed by atoms with Gasteiger partial charge in [-0.3, -0.25) is 4.68 Å². The largest absolute Gasteiger partial charge is 0.393 e. The Morgan fingerprint density at radius 3 is 2.74 bits per heavy atom. The quantitative estimate of drug-likeness (QED) is 0.541. The van der Waals surface area contributed by atoms with E-state index in [4.69, 9.17) is 14.6 Å². The van der Waals surface area contributed by atoms with E-state index in [2.05, 4.69) is 21.5 Å². The number of hydrogen-bond donors (Lipinski definition) is 2. The Balaban J connectivity index is 1.71. The molecule has 3 aromatic rings. The van der Waals surface area contributed by atoms with Crippen LogP contribution in [0.5, 0.6) is 0 Å². The Kier molecular flexibility index (Phi) is 6.84. The van der Waals surface area contributed by atoms with Crippen molar-refractivity contribution in [1.82, 2.24) is 24.4 Å². The number of nitrogens with one attached hydrogen (secondary N) is 1. The molecule has 0 amide bonds. The fourth-order valence-electron chi connectivity index (χ4n) is 4.30. The van der Waals surface area contributed by atoms with E-state index in [1.165, 1.54) is 0 Å². The van der Waals surface area contributed by atoms with Gasteiger partial charge in [0, 0.05) is 49.2 Å². The fourth-order valence-corrected chi connectivity index (χ4v) is 4.30. The molecule has 1 fully saturated rings. The number of fused-ring (bicyclic) bond motifs is 1. The Hall–Kier alpha value is -2.49. The SMILES string of the molecule is COCCn1cc(-c2cc([C@H]3CC[C@H](O)CC3)n3nc(N[C@@H](C)COC)ncc23)cn1. The molecular formula is C22H32N6O3. The maximum atomic E-state index is 9.96. The molecule has 168 valence electrons. The molecule has 1 aliphatic carbocycles. The summed E-state index contributed by atoms with van der Waals surface area (Å²) in [7, 11) is 3.37. The molecular weight excluding hydrogens is 396 g/mol. The monoisotopic (exact) mass is 428 g/mol. The number of anilines is 1. The molecule has 9 nitrogen and oxygen atoms in total. The van der Waals surface area contributed by atoms with Gasteiger partial charge in [-0.15, -0.1) is 5.10 Å². The maximum Gasteiger partial charge on any atom is 0.241 e. The summed E-state index contributed by atoms with van der Waals surface area (Å²) in [5.41, 5.74) is 4.22. The maximum absolute atomic E-state index is 9.96. The summed E-state index contributed by atoms with van der Waals surface area (Å²) in [4.78, 5) is 4.56. The van der Waals surface area contributed by atoms with Gasteiger partial charge in [0.15, 0.2) is 0 Å². The predicted octanol–water partition coefficient (Wildman–Crippen LogP) is 2.70. The second kappa shape index (κ2) is 9.76.